The summed E-state index contributed by atoms with van der Waals surface area (Å²) < 4.78 is 26.0. The van der Waals surface area contributed by atoms with Gasteiger partial charge in [-0.3, -0.25) is 29.8 Å². The second-order valence-corrected chi connectivity index (χ2v) is 8.63. The predicted molar refractivity (Wildman–Crippen MR) is 111 cm³/mol. The standard InChI is InChI=1S/C19H12N4O8S/c1-20-32(30,31)14-4-2-11(3-5-14)21-18(24)15-8-12(22(26)27)6-10-7-13(23(28)29)9-16(17(10)15)19(21)25/h2-9,20H,1H3. The number of nitrogens with zero attached hydrogens (tertiary/aromatic N) is 3. The van der Waals surface area contributed by atoms with Crippen LogP contribution in [0, 0.1) is 20.2 Å². The molecule has 0 bridgehead atoms. The normalized spacial score (nSPS) is 13.5. The van der Waals surface area contributed by atoms with Crippen molar-refractivity contribution in [2.24, 2.45) is 0 Å². The first kappa shape index (κ1) is 21.0. The maximum atomic E-state index is 13.2. The zero-order valence-electron chi connectivity index (χ0n) is 16.1. The smallest absolute Gasteiger partial charge is 0.268 e. The van der Waals surface area contributed by atoms with Crippen LogP contribution in [0.4, 0.5) is 17.1 Å². The Labute approximate surface area is 179 Å². The van der Waals surface area contributed by atoms with E-state index in [1.165, 1.54) is 31.3 Å². The number of carbonyl (C=O) groups excluding carboxylic acids is 2. The Morgan fingerprint density at radius 1 is 0.844 bits per heavy atom. The van der Waals surface area contributed by atoms with Crippen LogP contribution in [0.25, 0.3) is 10.8 Å². The van der Waals surface area contributed by atoms with E-state index in [4.69, 9.17) is 0 Å². The first-order chi connectivity index (χ1) is 15.0. The lowest BCUT2D eigenvalue weighted by Gasteiger charge is -2.27. The molecule has 0 spiro atoms. The van der Waals surface area contributed by atoms with Gasteiger partial charge in [0, 0.05) is 29.7 Å². The molecular weight excluding hydrogens is 444 g/mol. The van der Waals surface area contributed by atoms with Crippen molar-refractivity contribution >= 4 is 49.7 Å². The maximum absolute atomic E-state index is 13.2. The van der Waals surface area contributed by atoms with Crippen molar-refractivity contribution in [2.75, 3.05) is 11.9 Å². The summed E-state index contributed by atoms with van der Waals surface area (Å²) in [5.74, 6) is -1.76. The predicted octanol–water partition coefficient (Wildman–Crippen LogP) is 2.36. The highest BCUT2D eigenvalue weighted by Gasteiger charge is 2.37. The monoisotopic (exact) mass is 456 g/mol. The molecule has 32 heavy (non-hydrogen) atoms. The number of anilines is 1. The van der Waals surface area contributed by atoms with Gasteiger partial charge in [-0.25, -0.2) is 18.0 Å². The van der Waals surface area contributed by atoms with E-state index >= 15 is 0 Å². The quantitative estimate of drug-likeness (QED) is 0.346. The van der Waals surface area contributed by atoms with E-state index in [1.54, 1.807) is 0 Å². The molecule has 0 aromatic heterocycles. The lowest BCUT2D eigenvalue weighted by atomic mass is 9.92. The molecule has 4 rings (SSSR count). The number of non-ortho nitro benzene ring substituents is 2. The van der Waals surface area contributed by atoms with Crippen molar-refractivity contribution in [1.82, 2.24) is 4.72 Å². The summed E-state index contributed by atoms with van der Waals surface area (Å²) in [5.41, 5.74) is -1.31. The van der Waals surface area contributed by atoms with Gasteiger partial charge in [-0.15, -0.1) is 0 Å². The third-order valence-corrected chi connectivity index (χ3v) is 6.41. The van der Waals surface area contributed by atoms with E-state index in [9.17, 15) is 38.2 Å². The van der Waals surface area contributed by atoms with Crippen molar-refractivity contribution in [1.29, 1.82) is 0 Å². The number of nitro groups is 2. The summed E-state index contributed by atoms with van der Waals surface area (Å²) in [4.78, 5) is 48.1. The molecule has 1 heterocycles. The van der Waals surface area contributed by atoms with Crippen LogP contribution >= 0.6 is 0 Å². The minimum atomic E-state index is -3.77. The Morgan fingerprint density at radius 3 is 1.72 bits per heavy atom. The van der Waals surface area contributed by atoms with E-state index in [2.05, 4.69) is 4.72 Å². The van der Waals surface area contributed by atoms with E-state index < -0.39 is 43.1 Å². The molecule has 0 aliphatic carbocycles. The SMILES string of the molecule is CNS(=O)(=O)c1ccc(N2C(=O)c3cc([N+](=O)[O-])cc4cc([N+](=O)[O-])cc(c34)C2=O)cc1. The third kappa shape index (κ3) is 3.16. The van der Waals surface area contributed by atoms with E-state index in [0.29, 0.717) is 4.90 Å². The number of sulfonamides is 1. The highest BCUT2D eigenvalue weighted by molar-refractivity contribution is 7.89. The Hall–Kier alpha value is -4.23. The topological polar surface area (TPSA) is 170 Å². The van der Waals surface area contributed by atoms with Gasteiger partial charge in [0.2, 0.25) is 10.0 Å². The zero-order chi connectivity index (χ0) is 23.4. The minimum Gasteiger partial charge on any atom is -0.268 e. The Morgan fingerprint density at radius 2 is 1.31 bits per heavy atom. The highest BCUT2D eigenvalue weighted by atomic mass is 32.2. The molecule has 0 saturated heterocycles. The van der Waals surface area contributed by atoms with Crippen LogP contribution in [0.15, 0.2) is 53.4 Å². The van der Waals surface area contributed by atoms with Gasteiger partial charge in [-0.05, 0) is 36.7 Å². The highest BCUT2D eigenvalue weighted by Crippen LogP contribution is 2.38. The summed E-state index contributed by atoms with van der Waals surface area (Å²) in [6.07, 6.45) is 0. The molecule has 0 fully saturated rings. The number of rotatable bonds is 5. The lowest BCUT2D eigenvalue weighted by molar-refractivity contribution is -0.385. The largest absolute Gasteiger partial charge is 0.270 e. The second-order valence-electron chi connectivity index (χ2n) is 6.75. The Bertz CT molecular complexity index is 1400. The molecule has 162 valence electrons. The van der Waals surface area contributed by atoms with Crippen LogP contribution in [0.3, 0.4) is 0 Å². The Kier molecular flexibility index (Phi) is 4.71. The first-order valence-corrected chi connectivity index (χ1v) is 10.4. The van der Waals surface area contributed by atoms with Gasteiger partial charge in [0.1, 0.15) is 0 Å². The fourth-order valence-electron chi connectivity index (χ4n) is 3.49. The van der Waals surface area contributed by atoms with E-state index in [1.807, 2.05) is 0 Å². The van der Waals surface area contributed by atoms with Gasteiger partial charge in [-0.2, -0.15) is 0 Å². The van der Waals surface area contributed by atoms with Crippen LogP contribution < -0.4 is 9.62 Å². The molecule has 0 radical (unpaired) electrons. The van der Waals surface area contributed by atoms with Gasteiger partial charge >= 0.3 is 0 Å². The number of benzene rings is 3. The summed E-state index contributed by atoms with van der Waals surface area (Å²) in [7, 11) is -2.55. The van der Waals surface area contributed by atoms with Gasteiger partial charge in [0.05, 0.1) is 31.6 Å². The average Bonchev–Trinajstić information content (AvgIpc) is 2.76. The molecule has 0 atom stereocenters. The molecule has 12 nitrogen and oxygen atoms in total. The molecule has 2 amide bonds. The van der Waals surface area contributed by atoms with Crippen LogP contribution in [-0.2, 0) is 10.0 Å². The van der Waals surface area contributed by atoms with Crippen LogP contribution in [-0.4, -0.2) is 37.1 Å². The van der Waals surface area contributed by atoms with E-state index in [0.717, 1.165) is 24.3 Å². The van der Waals surface area contributed by atoms with Gasteiger partial charge < -0.3 is 0 Å². The molecular formula is C19H12N4O8S. The van der Waals surface area contributed by atoms with Crippen LogP contribution in [0.1, 0.15) is 20.7 Å². The summed E-state index contributed by atoms with van der Waals surface area (Å²) in [6.45, 7) is 0. The van der Waals surface area contributed by atoms with Gasteiger partial charge in [0.15, 0.2) is 0 Å². The number of hydrogen-bond donors (Lipinski definition) is 1. The maximum Gasteiger partial charge on any atom is 0.270 e. The second kappa shape index (κ2) is 7.18. The molecule has 3 aromatic rings. The van der Waals surface area contributed by atoms with Crippen molar-refractivity contribution in [2.45, 2.75) is 4.90 Å². The van der Waals surface area contributed by atoms with Crippen molar-refractivity contribution in [3.63, 3.8) is 0 Å². The van der Waals surface area contributed by atoms with Crippen LogP contribution in [0.5, 0.6) is 0 Å². The minimum absolute atomic E-state index is 0.00753. The number of carbonyl (C=O) groups is 2. The lowest BCUT2D eigenvalue weighted by Crippen LogP contribution is -2.40. The van der Waals surface area contributed by atoms with Gasteiger partial charge in [-0.1, -0.05) is 0 Å². The number of hydrogen-bond acceptors (Lipinski definition) is 8. The number of amides is 2. The number of imide groups is 1. The van der Waals surface area contributed by atoms with Crippen molar-refractivity contribution in [3.05, 3.63) is 79.9 Å². The van der Waals surface area contributed by atoms with Crippen molar-refractivity contribution < 1.29 is 27.9 Å². The molecule has 13 heteroatoms. The zero-order valence-corrected chi connectivity index (χ0v) is 17.0. The average molecular weight is 456 g/mol. The first-order valence-electron chi connectivity index (χ1n) is 8.88. The summed E-state index contributed by atoms with van der Waals surface area (Å²) >= 11 is 0. The fraction of sp³-hybridized carbons (Fsp3) is 0.0526. The Balaban J connectivity index is 1.95. The number of nitrogens with one attached hydrogen (secondary N) is 1. The fourth-order valence-corrected chi connectivity index (χ4v) is 4.22. The van der Waals surface area contributed by atoms with Gasteiger partial charge in [0.25, 0.3) is 23.2 Å². The number of nitro benzene ring substituents is 2. The van der Waals surface area contributed by atoms with Crippen LogP contribution in [0.2, 0.25) is 0 Å². The molecule has 0 unspecified atom stereocenters. The molecule has 1 aliphatic rings. The molecule has 1 aliphatic heterocycles. The molecule has 1 N–H and O–H groups in total. The van der Waals surface area contributed by atoms with Crippen molar-refractivity contribution in [3.8, 4) is 0 Å². The van der Waals surface area contributed by atoms with E-state index in [-0.39, 0.29) is 32.5 Å². The molecule has 3 aromatic carbocycles. The molecule has 0 saturated carbocycles. The summed E-state index contributed by atoms with van der Waals surface area (Å²) in [5, 5.41) is 22.7. The third-order valence-electron chi connectivity index (χ3n) is 4.98. The summed E-state index contributed by atoms with van der Waals surface area (Å²) in [6, 6.07) is 8.90.